The van der Waals surface area contributed by atoms with E-state index in [1.165, 1.54) is 6.33 Å². The molecule has 4 rings (SSSR count). The molecule has 2 aromatic carbocycles. The number of nitrogens with zero attached hydrogens (tertiary/aromatic N) is 2. The number of anilines is 4. The molecule has 0 bridgehead atoms. The lowest BCUT2D eigenvalue weighted by molar-refractivity contribution is 0.0961. The summed E-state index contributed by atoms with van der Waals surface area (Å²) in [6.07, 6.45) is 1.34. The number of nitrogens with one attached hydrogen (secondary N) is 3. The van der Waals surface area contributed by atoms with E-state index in [1.807, 2.05) is 18.2 Å². The summed E-state index contributed by atoms with van der Waals surface area (Å²) in [5, 5.41) is 3.12. The Morgan fingerprint density at radius 1 is 1.03 bits per heavy atom. The van der Waals surface area contributed by atoms with Crippen LogP contribution in [-0.4, -0.2) is 29.1 Å². The van der Waals surface area contributed by atoms with Crippen molar-refractivity contribution in [2.75, 3.05) is 29.7 Å². The van der Waals surface area contributed by atoms with Crippen molar-refractivity contribution in [3.05, 3.63) is 58.8 Å². The maximum Gasteiger partial charge on any atom is 0.270 e. The van der Waals surface area contributed by atoms with Crippen molar-refractivity contribution in [1.82, 2.24) is 15.4 Å². The summed E-state index contributed by atoms with van der Waals surface area (Å²) in [5.74, 6) is 1.65. The predicted molar refractivity (Wildman–Crippen MR) is 112 cm³/mol. The number of carbonyl (C=O) groups is 1. The van der Waals surface area contributed by atoms with Crippen LogP contribution in [-0.2, 0) is 0 Å². The van der Waals surface area contributed by atoms with E-state index in [1.54, 1.807) is 24.3 Å². The lowest BCUT2D eigenvalue weighted by Crippen LogP contribution is -2.30. The minimum absolute atomic E-state index is 0.245. The molecule has 1 amide bonds. The number of nitrogens with two attached hydrogens (primary N) is 1. The molecular formula is C19H17BrN6O3. The quantitative estimate of drug-likeness (QED) is 0.431. The largest absolute Gasteiger partial charge is 0.486 e. The first-order valence-corrected chi connectivity index (χ1v) is 9.49. The number of nitrogen functional groups attached to an aromatic ring is 1. The predicted octanol–water partition coefficient (Wildman–Crippen LogP) is 3.09. The summed E-state index contributed by atoms with van der Waals surface area (Å²) >= 11 is 3.34. The van der Waals surface area contributed by atoms with Gasteiger partial charge >= 0.3 is 0 Å². The van der Waals surface area contributed by atoms with Crippen LogP contribution < -0.4 is 31.4 Å². The molecule has 2 heterocycles. The highest BCUT2D eigenvalue weighted by molar-refractivity contribution is 9.10. The van der Waals surface area contributed by atoms with E-state index in [2.05, 4.69) is 42.1 Å². The lowest BCUT2D eigenvalue weighted by Gasteiger charge is -2.19. The van der Waals surface area contributed by atoms with Gasteiger partial charge in [0.1, 0.15) is 25.2 Å². The molecule has 0 spiro atoms. The first-order valence-electron chi connectivity index (χ1n) is 8.70. The van der Waals surface area contributed by atoms with Crippen molar-refractivity contribution in [2.24, 2.45) is 0 Å². The van der Waals surface area contributed by atoms with Gasteiger partial charge in [0.25, 0.3) is 5.91 Å². The Morgan fingerprint density at radius 3 is 2.62 bits per heavy atom. The zero-order valence-corrected chi connectivity index (χ0v) is 16.7. The average Bonchev–Trinajstić information content (AvgIpc) is 2.74. The van der Waals surface area contributed by atoms with Gasteiger partial charge in [-0.25, -0.2) is 9.97 Å². The molecule has 10 heteroatoms. The maximum atomic E-state index is 12.3. The van der Waals surface area contributed by atoms with Crippen LogP contribution in [0.15, 0.2) is 53.3 Å². The Morgan fingerprint density at radius 2 is 1.79 bits per heavy atom. The van der Waals surface area contributed by atoms with Crippen LogP contribution in [0.25, 0.3) is 0 Å². The van der Waals surface area contributed by atoms with Crippen LogP contribution in [0.2, 0.25) is 0 Å². The van der Waals surface area contributed by atoms with Crippen LogP contribution in [0.4, 0.5) is 23.0 Å². The number of hydrazine groups is 1. The molecule has 0 radical (unpaired) electrons. The van der Waals surface area contributed by atoms with E-state index < -0.39 is 0 Å². The Hall–Kier alpha value is -3.53. The van der Waals surface area contributed by atoms with Crippen molar-refractivity contribution in [2.45, 2.75) is 0 Å². The van der Waals surface area contributed by atoms with Gasteiger partial charge in [0.15, 0.2) is 23.1 Å². The fourth-order valence-electron chi connectivity index (χ4n) is 2.68. The van der Waals surface area contributed by atoms with E-state index in [9.17, 15) is 4.79 Å². The first-order chi connectivity index (χ1) is 14.1. The molecule has 0 saturated heterocycles. The highest BCUT2D eigenvalue weighted by Crippen LogP contribution is 2.34. The maximum absolute atomic E-state index is 12.3. The first kappa shape index (κ1) is 18.8. The van der Waals surface area contributed by atoms with Gasteiger partial charge in [-0.1, -0.05) is 12.1 Å². The summed E-state index contributed by atoms with van der Waals surface area (Å²) in [6, 6.07) is 12.5. The zero-order chi connectivity index (χ0) is 20.2. The number of halogens is 1. The number of carbonyl (C=O) groups excluding carboxylic acids is 1. The van der Waals surface area contributed by atoms with Crippen molar-refractivity contribution < 1.29 is 14.3 Å². The SMILES string of the molecule is Nc1c(NNC(=O)c2ccccc2Br)ncnc1Nc1ccc2c(c1)OCCO2. The third-order valence-electron chi connectivity index (χ3n) is 4.10. The smallest absolute Gasteiger partial charge is 0.270 e. The normalized spacial score (nSPS) is 12.2. The molecule has 0 fully saturated rings. The molecule has 3 aromatic rings. The Bertz CT molecular complexity index is 1060. The molecule has 1 aliphatic rings. The van der Waals surface area contributed by atoms with Crippen molar-refractivity contribution in [3.8, 4) is 11.5 Å². The van der Waals surface area contributed by atoms with Crippen LogP contribution in [0.3, 0.4) is 0 Å². The van der Waals surface area contributed by atoms with Gasteiger partial charge in [-0.05, 0) is 40.2 Å². The van der Waals surface area contributed by atoms with Gasteiger partial charge in [0.05, 0.1) is 5.56 Å². The van der Waals surface area contributed by atoms with Gasteiger partial charge in [-0.2, -0.15) is 0 Å². The van der Waals surface area contributed by atoms with Crippen LogP contribution in [0, 0.1) is 0 Å². The fraction of sp³-hybridized carbons (Fsp3) is 0.105. The van der Waals surface area contributed by atoms with E-state index in [-0.39, 0.29) is 17.4 Å². The standard InChI is InChI=1S/C19H17BrN6O3/c20-13-4-2-1-3-12(13)19(27)26-25-18-16(21)17(22-10-23-18)24-11-5-6-14-15(9-11)29-8-7-28-14/h1-6,9-10H,7-8,21H2,(H,26,27)(H2,22,23,24,25). The minimum Gasteiger partial charge on any atom is -0.486 e. The zero-order valence-electron chi connectivity index (χ0n) is 15.1. The number of hydrogen-bond donors (Lipinski definition) is 4. The average molecular weight is 457 g/mol. The Labute approximate surface area is 174 Å². The summed E-state index contributed by atoms with van der Waals surface area (Å²) in [6.45, 7) is 1.02. The van der Waals surface area contributed by atoms with Gasteiger partial charge in [-0.3, -0.25) is 15.6 Å². The van der Waals surface area contributed by atoms with Crippen molar-refractivity contribution in [3.63, 3.8) is 0 Å². The van der Waals surface area contributed by atoms with E-state index in [4.69, 9.17) is 15.2 Å². The summed E-state index contributed by atoms with van der Waals surface area (Å²) in [5.41, 5.74) is 12.9. The number of aromatic nitrogens is 2. The third kappa shape index (κ3) is 4.16. The molecule has 0 atom stereocenters. The molecule has 29 heavy (non-hydrogen) atoms. The molecule has 0 aliphatic carbocycles. The summed E-state index contributed by atoms with van der Waals surface area (Å²) in [7, 11) is 0. The number of ether oxygens (including phenoxy) is 2. The second kappa shape index (κ2) is 8.23. The van der Waals surface area contributed by atoms with Crippen molar-refractivity contribution in [1.29, 1.82) is 0 Å². The fourth-order valence-corrected chi connectivity index (χ4v) is 3.15. The molecule has 1 aromatic heterocycles. The van der Waals surface area contributed by atoms with E-state index in [0.29, 0.717) is 40.6 Å². The number of amides is 1. The molecular weight excluding hydrogens is 440 g/mol. The summed E-state index contributed by atoms with van der Waals surface area (Å²) in [4.78, 5) is 20.6. The molecule has 0 unspecified atom stereocenters. The minimum atomic E-state index is -0.336. The highest BCUT2D eigenvalue weighted by Gasteiger charge is 2.14. The van der Waals surface area contributed by atoms with Crippen molar-refractivity contribution >= 4 is 44.8 Å². The van der Waals surface area contributed by atoms with Crippen LogP contribution >= 0.6 is 15.9 Å². The van der Waals surface area contributed by atoms with Crippen LogP contribution in [0.1, 0.15) is 10.4 Å². The molecule has 1 aliphatic heterocycles. The molecule has 5 N–H and O–H groups in total. The number of hydrogen-bond acceptors (Lipinski definition) is 8. The highest BCUT2D eigenvalue weighted by atomic mass is 79.9. The monoisotopic (exact) mass is 456 g/mol. The number of rotatable bonds is 5. The van der Waals surface area contributed by atoms with Gasteiger partial charge < -0.3 is 20.5 Å². The van der Waals surface area contributed by atoms with E-state index in [0.717, 1.165) is 5.69 Å². The molecule has 0 saturated carbocycles. The third-order valence-corrected chi connectivity index (χ3v) is 4.79. The lowest BCUT2D eigenvalue weighted by atomic mass is 10.2. The topological polar surface area (TPSA) is 123 Å². The van der Waals surface area contributed by atoms with Gasteiger partial charge in [0, 0.05) is 16.2 Å². The molecule has 9 nitrogen and oxygen atoms in total. The Kier molecular flexibility index (Phi) is 5.34. The summed E-state index contributed by atoms with van der Waals surface area (Å²) < 4.78 is 11.8. The second-order valence-corrected chi connectivity index (χ2v) is 6.88. The number of fused-ring (bicyclic) bond motifs is 1. The number of benzene rings is 2. The second-order valence-electron chi connectivity index (χ2n) is 6.03. The molecule has 148 valence electrons. The Balaban J connectivity index is 1.47. The van der Waals surface area contributed by atoms with Gasteiger partial charge in [-0.15, -0.1) is 0 Å². The van der Waals surface area contributed by atoms with E-state index >= 15 is 0 Å². The van der Waals surface area contributed by atoms with Crippen LogP contribution in [0.5, 0.6) is 11.5 Å². The van der Waals surface area contributed by atoms with Gasteiger partial charge in [0.2, 0.25) is 0 Å².